The molecule has 0 bridgehead atoms. The van der Waals surface area contributed by atoms with Crippen LogP contribution in [0.25, 0.3) is 0 Å². The Morgan fingerprint density at radius 2 is 2.05 bits per heavy atom. The Hall–Kier alpha value is -0.820. The van der Waals surface area contributed by atoms with Crippen LogP contribution in [0, 0.1) is 6.92 Å². The minimum absolute atomic E-state index is 0. The molecule has 0 fully saturated rings. The van der Waals surface area contributed by atoms with Gasteiger partial charge in [0.1, 0.15) is 0 Å². The maximum absolute atomic E-state index is 5.33. The number of hydrogen-bond donors (Lipinski definition) is 1. The van der Waals surface area contributed by atoms with Crippen LogP contribution < -0.4 is 5.32 Å². The molecule has 1 aromatic carbocycles. The molecule has 1 N–H and O–H groups in total. The van der Waals surface area contributed by atoms with Gasteiger partial charge < -0.3 is 15.0 Å². The van der Waals surface area contributed by atoms with Crippen LogP contribution in [-0.2, 0) is 11.3 Å². The molecule has 21 heavy (non-hydrogen) atoms. The molecule has 4 nitrogen and oxygen atoms in total. The highest BCUT2D eigenvalue weighted by Crippen LogP contribution is 2.09. The molecule has 0 spiro atoms. The summed E-state index contributed by atoms with van der Waals surface area (Å²) in [7, 11) is 3.88. The fourth-order valence-electron chi connectivity index (χ4n) is 2.02. The van der Waals surface area contributed by atoms with Crippen LogP contribution in [-0.4, -0.2) is 44.7 Å². The van der Waals surface area contributed by atoms with Crippen molar-refractivity contribution in [3.63, 3.8) is 0 Å². The van der Waals surface area contributed by atoms with Gasteiger partial charge in [0.2, 0.25) is 0 Å². The first-order chi connectivity index (χ1) is 9.69. The highest BCUT2D eigenvalue weighted by Gasteiger charge is 2.07. The Morgan fingerprint density at radius 3 is 2.67 bits per heavy atom. The zero-order valence-corrected chi connectivity index (χ0v) is 15.9. The maximum Gasteiger partial charge on any atom is 0.193 e. The first-order valence-electron chi connectivity index (χ1n) is 7.23. The molecule has 0 saturated carbocycles. The lowest BCUT2D eigenvalue weighted by atomic mass is 10.1. The van der Waals surface area contributed by atoms with Gasteiger partial charge in [-0.3, -0.25) is 4.99 Å². The van der Waals surface area contributed by atoms with Crippen LogP contribution in [0.15, 0.2) is 29.3 Å². The summed E-state index contributed by atoms with van der Waals surface area (Å²) in [5, 5.41) is 3.36. The van der Waals surface area contributed by atoms with E-state index in [-0.39, 0.29) is 24.0 Å². The third kappa shape index (κ3) is 7.66. The van der Waals surface area contributed by atoms with Crippen molar-refractivity contribution in [2.24, 2.45) is 4.99 Å². The van der Waals surface area contributed by atoms with Crippen LogP contribution in [0.1, 0.15) is 24.5 Å². The van der Waals surface area contributed by atoms with Crippen LogP contribution in [0.3, 0.4) is 0 Å². The van der Waals surface area contributed by atoms with Crippen molar-refractivity contribution >= 4 is 29.9 Å². The highest BCUT2D eigenvalue weighted by molar-refractivity contribution is 14.0. The molecule has 0 unspecified atom stereocenters. The molecule has 0 aliphatic rings. The van der Waals surface area contributed by atoms with Crippen LogP contribution in [0.4, 0.5) is 0 Å². The Bertz CT molecular complexity index is 424. The van der Waals surface area contributed by atoms with Gasteiger partial charge in [-0.05, 0) is 31.4 Å². The number of nitrogens with one attached hydrogen (secondary N) is 1. The van der Waals surface area contributed by atoms with E-state index in [1.165, 1.54) is 11.1 Å². The van der Waals surface area contributed by atoms with E-state index >= 15 is 0 Å². The lowest BCUT2D eigenvalue weighted by Gasteiger charge is -2.23. The van der Waals surface area contributed by atoms with Gasteiger partial charge in [0, 0.05) is 40.4 Å². The second-order valence-corrected chi connectivity index (χ2v) is 4.81. The second kappa shape index (κ2) is 11.8. The van der Waals surface area contributed by atoms with Crippen molar-refractivity contribution in [3.05, 3.63) is 35.4 Å². The number of halogens is 1. The zero-order valence-electron chi connectivity index (χ0n) is 13.6. The molecule has 0 heterocycles. The van der Waals surface area contributed by atoms with E-state index < -0.39 is 0 Å². The monoisotopic (exact) mass is 405 g/mol. The van der Waals surface area contributed by atoms with E-state index in [4.69, 9.17) is 4.74 Å². The summed E-state index contributed by atoms with van der Waals surface area (Å²) in [5.41, 5.74) is 2.64. The van der Waals surface area contributed by atoms with E-state index in [9.17, 15) is 0 Å². The van der Waals surface area contributed by atoms with E-state index in [0.29, 0.717) is 0 Å². The fraction of sp³-hybridized carbons (Fsp3) is 0.562. The number of nitrogens with zero attached hydrogens (tertiary/aromatic N) is 2. The first-order valence-corrected chi connectivity index (χ1v) is 7.23. The van der Waals surface area contributed by atoms with Gasteiger partial charge in [0.25, 0.3) is 0 Å². The average molecular weight is 405 g/mol. The predicted octanol–water partition coefficient (Wildman–Crippen LogP) is 3.05. The summed E-state index contributed by atoms with van der Waals surface area (Å²) in [6, 6.07) is 8.45. The topological polar surface area (TPSA) is 36.9 Å². The Morgan fingerprint density at radius 1 is 1.33 bits per heavy atom. The van der Waals surface area contributed by atoms with Crippen molar-refractivity contribution in [2.45, 2.75) is 26.8 Å². The van der Waals surface area contributed by atoms with Crippen molar-refractivity contribution < 1.29 is 4.74 Å². The predicted molar refractivity (Wildman–Crippen MR) is 101 cm³/mol. The standard InChI is InChI=1S/C16H27N3O.HI/c1-5-20-12-8-11-18-16(17-3)19(4)13-15-10-7-6-9-14(15)2;/h6-7,9-10H,5,8,11-13H2,1-4H3,(H,17,18);1H. The summed E-state index contributed by atoms with van der Waals surface area (Å²) < 4.78 is 5.33. The summed E-state index contributed by atoms with van der Waals surface area (Å²) in [4.78, 5) is 6.46. The molecule has 0 aromatic heterocycles. The SMILES string of the molecule is CCOCCCNC(=NC)N(C)Cc1ccccc1C.I. The molecule has 0 saturated heterocycles. The van der Waals surface area contributed by atoms with Crippen molar-refractivity contribution in [1.82, 2.24) is 10.2 Å². The smallest absolute Gasteiger partial charge is 0.193 e. The molecule has 0 atom stereocenters. The fourth-order valence-corrected chi connectivity index (χ4v) is 2.02. The van der Waals surface area contributed by atoms with Crippen LogP contribution >= 0.6 is 24.0 Å². The summed E-state index contributed by atoms with van der Waals surface area (Å²) in [6.07, 6.45) is 0.991. The van der Waals surface area contributed by atoms with Gasteiger partial charge in [0.15, 0.2) is 5.96 Å². The van der Waals surface area contributed by atoms with E-state index in [2.05, 4.69) is 53.4 Å². The molecule has 0 aliphatic heterocycles. The number of aryl methyl sites for hydroxylation is 1. The quantitative estimate of drug-likeness (QED) is 0.328. The van der Waals surface area contributed by atoms with Gasteiger partial charge in [-0.1, -0.05) is 24.3 Å². The van der Waals surface area contributed by atoms with E-state index in [1.54, 1.807) is 0 Å². The zero-order chi connectivity index (χ0) is 14.8. The summed E-state index contributed by atoms with van der Waals surface area (Å²) in [6.45, 7) is 7.47. The molecule has 1 rings (SSSR count). The van der Waals surface area contributed by atoms with Gasteiger partial charge in [0.05, 0.1) is 0 Å². The number of benzene rings is 1. The third-order valence-corrected chi connectivity index (χ3v) is 3.19. The van der Waals surface area contributed by atoms with Gasteiger partial charge >= 0.3 is 0 Å². The average Bonchev–Trinajstić information content (AvgIpc) is 2.45. The number of aliphatic imine (C=N–C) groups is 1. The van der Waals surface area contributed by atoms with Crippen molar-refractivity contribution in [2.75, 3.05) is 33.9 Å². The number of ether oxygens (including phenoxy) is 1. The molecule has 0 radical (unpaired) electrons. The summed E-state index contributed by atoms with van der Waals surface area (Å²) >= 11 is 0. The van der Waals surface area contributed by atoms with Gasteiger partial charge in [-0.15, -0.1) is 24.0 Å². The number of guanidine groups is 1. The molecular weight excluding hydrogens is 377 g/mol. The Balaban J connectivity index is 0.00000400. The first kappa shape index (κ1) is 20.2. The lowest BCUT2D eigenvalue weighted by molar-refractivity contribution is 0.145. The second-order valence-electron chi connectivity index (χ2n) is 4.81. The molecule has 120 valence electrons. The maximum atomic E-state index is 5.33. The molecular formula is C16H28IN3O. The number of hydrogen-bond acceptors (Lipinski definition) is 2. The van der Waals surface area contributed by atoms with Gasteiger partial charge in [-0.2, -0.15) is 0 Å². The highest BCUT2D eigenvalue weighted by atomic mass is 127. The normalized spacial score (nSPS) is 11.0. The molecule has 5 heteroatoms. The molecule has 0 aliphatic carbocycles. The number of rotatable bonds is 7. The minimum Gasteiger partial charge on any atom is -0.382 e. The lowest BCUT2D eigenvalue weighted by Crippen LogP contribution is -2.39. The third-order valence-electron chi connectivity index (χ3n) is 3.19. The van der Waals surface area contributed by atoms with Crippen LogP contribution in [0.2, 0.25) is 0 Å². The van der Waals surface area contributed by atoms with E-state index in [0.717, 1.165) is 38.7 Å². The van der Waals surface area contributed by atoms with Gasteiger partial charge in [-0.25, -0.2) is 0 Å². The summed E-state index contributed by atoms with van der Waals surface area (Å²) in [5.74, 6) is 0.921. The Kier molecular flexibility index (Phi) is 11.3. The Labute approximate surface area is 146 Å². The molecule has 0 amide bonds. The van der Waals surface area contributed by atoms with Crippen molar-refractivity contribution in [1.29, 1.82) is 0 Å². The van der Waals surface area contributed by atoms with Crippen LogP contribution in [0.5, 0.6) is 0 Å². The molecule has 1 aromatic rings. The van der Waals surface area contributed by atoms with Crippen molar-refractivity contribution in [3.8, 4) is 0 Å². The minimum atomic E-state index is 0. The van der Waals surface area contributed by atoms with E-state index in [1.807, 2.05) is 14.0 Å². The largest absolute Gasteiger partial charge is 0.382 e.